The van der Waals surface area contributed by atoms with Crippen LogP contribution in [-0.4, -0.2) is 46.1 Å². The average Bonchev–Trinajstić information content (AvgIpc) is 3.36. The van der Waals surface area contributed by atoms with Gasteiger partial charge >= 0.3 is 0 Å². The van der Waals surface area contributed by atoms with Crippen LogP contribution in [-0.2, 0) is 22.6 Å². The van der Waals surface area contributed by atoms with Crippen LogP contribution in [0, 0.1) is 0 Å². The zero-order chi connectivity index (χ0) is 25.8. The number of amides is 2. The lowest BCUT2D eigenvalue weighted by atomic mass is 10.1. The van der Waals surface area contributed by atoms with Gasteiger partial charge in [-0.25, -0.2) is 0 Å². The minimum atomic E-state index is -0.226. The van der Waals surface area contributed by atoms with E-state index in [-0.39, 0.29) is 18.4 Å². The number of carbonyl (C=O) groups is 2. The van der Waals surface area contributed by atoms with E-state index in [1.807, 2.05) is 78.9 Å². The summed E-state index contributed by atoms with van der Waals surface area (Å²) >= 11 is 5.50. The highest BCUT2D eigenvalue weighted by Crippen LogP contribution is 2.29. The molecule has 0 radical (unpaired) electrons. The number of benzene rings is 2. The molecule has 7 nitrogen and oxygen atoms in total. The molecule has 1 N–H and O–H groups in total. The largest absolute Gasteiger partial charge is 0.494 e. The summed E-state index contributed by atoms with van der Waals surface area (Å²) < 4.78 is 7.51. The first kappa shape index (κ1) is 25.4. The molecule has 36 heavy (non-hydrogen) atoms. The maximum Gasteiger partial charge on any atom is 0.281 e. The third-order valence-corrected chi connectivity index (χ3v) is 6.68. The summed E-state index contributed by atoms with van der Waals surface area (Å²) in [6.45, 7) is 10.2. The van der Waals surface area contributed by atoms with Crippen LogP contribution in [0.4, 0.5) is 5.69 Å². The molecule has 0 bridgehead atoms. The van der Waals surface area contributed by atoms with Gasteiger partial charge in [0.1, 0.15) is 18.0 Å². The second-order valence-electron chi connectivity index (χ2n) is 8.50. The number of aryl methyl sites for hydroxylation is 1. The summed E-state index contributed by atoms with van der Waals surface area (Å²) in [7, 11) is 0. The summed E-state index contributed by atoms with van der Waals surface area (Å²) in [5.41, 5.74) is 4.10. The van der Waals surface area contributed by atoms with Gasteiger partial charge in [-0.2, -0.15) is 0 Å². The van der Waals surface area contributed by atoms with Gasteiger partial charge in [0.05, 0.1) is 17.8 Å². The van der Waals surface area contributed by atoms with Gasteiger partial charge in [0.2, 0.25) is 5.91 Å². The molecule has 1 aliphatic rings. The molecular formula is C28H32N4O3S. The number of likely N-dealkylation sites (N-methyl/N-ethyl adjacent to an activating group) is 1. The maximum absolute atomic E-state index is 13.4. The van der Waals surface area contributed by atoms with E-state index in [1.165, 1.54) is 4.90 Å². The zero-order valence-electron chi connectivity index (χ0n) is 21.2. The highest BCUT2D eigenvalue weighted by Gasteiger charge is 2.32. The number of ether oxygens (including phenoxy) is 1. The molecular weight excluding hydrogens is 472 g/mol. The number of aromatic nitrogens is 1. The van der Waals surface area contributed by atoms with E-state index in [9.17, 15) is 9.59 Å². The van der Waals surface area contributed by atoms with E-state index in [0.29, 0.717) is 36.2 Å². The van der Waals surface area contributed by atoms with Gasteiger partial charge in [-0.3, -0.25) is 14.5 Å². The number of nitrogens with zero attached hydrogens (tertiary/aromatic N) is 3. The number of hydrogen-bond donors (Lipinski definition) is 1. The smallest absolute Gasteiger partial charge is 0.281 e. The predicted octanol–water partition coefficient (Wildman–Crippen LogP) is 4.73. The van der Waals surface area contributed by atoms with Crippen molar-refractivity contribution >= 4 is 51.8 Å². The van der Waals surface area contributed by atoms with Gasteiger partial charge in [0.25, 0.3) is 5.91 Å². The van der Waals surface area contributed by atoms with Crippen LogP contribution in [0.5, 0.6) is 5.75 Å². The average molecular weight is 505 g/mol. The summed E-state index contributed by atoms with van der Waals surface area (Å²) in [6, 6.07) is 13.4. The standard InChI is InChI=1S/C28H32N4O3S/c1-5-19-10-9-11-23-20(17-31(26(19)23)18-25(33)30(6-2)7-3)16-24-27(34)32(28(36)29-24)21-12-14-22(15-13-21)35-8-4/h9-17H,5-8,18H2,1-4H3,(H,29,36)/b24-16-. The van der Waals surface area contributed by atoms with Gasteiger partial charge in [-0.1, -0.05) is 25.1 Å². The monoisotopic (exact) mass is 504 g/mol. The number of hydrogen-bond acceptors (Lipinski definition) is 4. The molecule has 2 heterocycles. The Labute approximate surface area is 217 Å². The maximum atomic E-state index is 13.4. The van der Waals surface area contributed by atoms with Crippen molar-refractivity contribution in [1.82, 2.24) is 14.8 Å². The van der Waals surface area contributed by atoms with Gasteiger partial charge in [0, 0.05) is 30.2 Å². The summed E-state index contributed by atoms with van der Waals surface area (Å²) in [5.74, 6) is 0.581. The van der Waals surface area contributed by atoms with E-state index in [0.717, 1.165) is 34.2 Å². The fourth-order valence-electron chi connectivity index (χ4n) is 4.60. The van der Waals surface area contributed by atoms with Crippen molar-refractivity contribution in [3.8, 4) is 5.75 Å². The second-order valence-corrected chi connectivity index (χ2v) is 8.89. The molecule has 188 valence electrons. The van der Waals surface area contributed by atoms with Crippen LogP contribution < -0.4 is 15.0 Å². The first-order valence-electron chi connectivity index (χ1n) is 12.4. The predicted molar refractivity (Wildman–Crippen MR) is 148 cm³/mol. The van der Waals surface area contributed by atoms with E-state index in [1.54, 1.807) is 0 Å². The molecule has 0 unspecified atom stereocenters. The molecule has 0 aliphatic carbocycles. The lowest BCUT2D eigenvalue weighted by Crippen LogP contribution is -2.33. The lowest BCUT2D eigenvalue weighted by Gasteiger charge is -2.19. The molecule has 1 fully saturated rings. The van der Waals surface area contributed by atoms with E-state index >= 15 is 0 Å². The second kappa shape index (κ2) is 11.0. The third-order valence-electron chi connectivity index (χ3n) is 6.40. The fraction of sp³-hybridized carbons (Fsp3) is 0.321. The molecule has 2 amide bonds. The molecule has 4 rings (SSSR count). The van der Waals surface area contributed by atoms with E-state index < -0.39 is 0 Å². The molecule has 8 heteroatoms. The van der Waals surface area contributed by atoms with Crippen molar-refractivity contribution in [2.75, 3.05) is 24.6 Å². The van der Waals surface area contributed by atoms with Gasteiger partial charge in [-0.15, -0.1) is 0 Å². The molecule has 1 aromatic heterocycles. The SMILES string of the molecule is CCOc1ccc(N2C(=O)/C(=C/c3cn(CC(=O)N(CC)CC)c4c(CC)cccc34)NC2=S)cc1. The summed E-state index contributed by atoms with van der Waals surface area (Å²) in [6.07, 6.45) is 4.61. The van der Waals surface area contributed by atoms with Crippen molar-refractivity contribution < 1.29 is 14.3 Å². The van der Waals surface area contributed by atoms with Crippen LogP contribution in [0.15, 0.2) is 54.4 Å². The Morgan fingerprint density at radius 1 is 1.08 bits per heavy atom. The number of carbonyl (C=O) groups excluding carboxylic acids is 2. The van der Waals surface area contributed by atoms with Crippen molar-refractivity contribution in [2.45, 2.75) is 40.7 Å². The van der Waals surface area contributed by atoms with Gasteiger partial charge in [0.15, 0.2) is 5.11 Å². The highest BCUT2D eigenvalue weighted by molar-refractivity contribution is 7.80. The van der Waals surface area contributed by atoms with Gasteiger partial charge < -0.3 is 19.5 Å². The molecule has 0 atom stereocenters. The van der Waals surface area contributed by atoms with Crippen LogP contribution >= 0.6 is 12.2 Å². The zero-order valence-corrected chi connectivity index (χ0v) is 22.0. The number of fused-ring (bicyclic) bond motifs is 1. The quantitative estimate of drug-likeness (QED) is 0.337. The van der Waals surface area contributed by atoms with Crippen LogP contribution in [0.25, 0.3) is 17.0 Å². The lowest BCUT2D eigenvalue weighted by molar-refractivity contribution is -0.131. The van der Waals surface area contributed by atoms with Crippen molar-refractivity contribution in [3.63, 3.8) is 0 Å². The van der Waals surface area contributed by atoms with Crippen LogP contribution in [0.2, 0.25) is 0 Å². The summed E-state index contributed by atoms with van der Waals surface area (Å²) in [4.78, 5) is 29.6. The summed E-state index contributed by atoms with van der Waals surface area (Å²) in [5, 5.41) is 4.39. The number of thiocarbonyl (C=S) groups is 1. The highest BCUT2D eigenvalue weighted by atomic mass is 32.1. The number of rotatable bonds is 9. The topological polar surface area (TPSA) is 66.8 Å². The Morgan fingerprint density at radius 2 is 1.81 bits per heavy atom. The minimum Gasteiger partial charge on any atom is -0.494 e. The Balaban J connectivity index is 1.70. The Bertz CT molecular complexity index is 1320. The van der Waals surface area contributed by atoms with E-state index in [2.05, 4.69) is 18.3 Å². The molecule has 1 aliphatic heterocycles. The van der Waals surface area contributed by atoms with E-state index in [4.69, 9.17) is 17.0 Å². The number of para-hydroxylation sites is 1. The fourth-order valence-corrected chi connectivity index (χ4v) is 4.89. The molecule has 1 saturated heterocycles. The van der Waals surface area contributed by atoms with Crippen LogP contribution in [0.3, 0.4) is 0 Å². The Kier molecular flexibility index (Phi) is 7.74. The normalized spacial score (nSPS) is 14.6. The van der Waals surface area contributed by atoms with Crippen molar-refractivity contribution in [3.05, 3.63) is 65.5 Å². The number of nitrogens with one attached hydrogen (secondary N) is 1. The molecule has 2 aromatic carbocycles. The van der Waals surface area contributed by atoms with Crippen LogP contribution in [0.1, 0.15) is 38.8 Å². The van der Waals surface area contributed by atoms with Gasteiger partial charge in [-0.05, 0) is 75.3 Å². The third kappa shape index (κ3) is 4.86. The molecule has 0 spiro atoms. The first-order valence-corrected chi connectivity index (χ1v) is 12.8. The molecule has 0 saturated carbocycles. The Morgan fingerprint density at radius 3 is 2.44 bits per heavy atom. The molecule has 3 aromatic rings. The van der Waals surface area contributed by atoms with Crippen molar-refractivity contribution in [2.24, 2.45) is 0 Å². The van der Waals surface area contributed by atoms with Crippen molar-refractivity contribution in [1.29, 1.82) is 0 Å². The Hall–Kier alpha value is -3.65. The minimum absolute atomic E-state index is 0.0694. The number of anilines is 1. The first-order chi connectivity index (χ1) is 17.4.